The molecule has 1 saturated carbocycles. The molecule has 1 atom stereocenters. The van der Waals surface area contributed by atoms with Gasteiger partial charge in [-0.25, -0.2) is 0 Å². The maximum atomic E-state index is 8.30. The quantitative estimate of drug-likeness (QED) is 0.189. The smallest absolute Gasteiger partial charge is 0.139 e. The number of amidine groups is 1. The lowest BCUT2D eigenvalue weighted by Crippen LogP contribution is -2.24. The predicted octanol–water partition coefficient (Wildman–Crippen LogP) is 1.15. The minimum atomic E-state index is 0.321. The van der Waals surface area contributed by atoms with Crippen molar-refractivity contribution in [2.75, 3.05) is 13.1 Å². The summed E-state index contributed by atoms with van der Waals surface area (Å²) >= 11 is 0. The first-order valence-corrected chi connectivity index (χ1v) is 5.41. The molecule has 1 fully saturated rings. The lowest BCUT2D eigenvalue weighted by Gasteiger charge is -2.10. The highest BCUT2D eigenvalue weighted by Crippen LogP contribution is 2.35. The molecule has 14 heavy (non-hydrogen) atoms. The summed E-state index contributed by atoms with van der Waals surface area (Å²) in [6, 6.07) is 0. The van der Waals surface area contributed by atoms with Crippen LogP contribution < -0.4 is 11.1 Å². The molecule has 0 aliphatic heterocycles. The molecule has 0 heterocycles. The van der Waals surface area contributed by atoms with Crippen LogP contribution in [0.15, 0.2) is 5.16 Å². The minimum Gasteiger partial charge on any atom is -0.409 e. The number of rotatable bonds is 7. The van der Waals surface area contributed by atoms with E-state index >= 15 is 0 Å². The molecule has 82 valence electrons. The monoisotopic (exact) mass is 199 g/mol. The van der Waals surface area contributed by atoms with Crippen LogP contribution in [0.2, 0.25) is 0 Å². The molecule has 4 nitrogen and oxygen atoms in total. The molecule has 0 saturated heterocycles. The van der Waals surface area contributed by atoms with Crippen LogP contribution >= 0.6 is 0 Å². The Kier molecular flexibility index (Phi) is 4.73. The normalized spacial score (nSPS) is 19.6. The molecule has 0 bridgehead atoms. The molecule has 1 rings (SSSR count). The van der Waals surface area contributed by atoms with Crippen molar-refractivity contribution in [3.8, 4) is 0 Å². The maximum absolute atomic E-state index is 8.30. The highest BCUT2D eigenvalue weighted by Gasteiger charge is 2.27. The van der Waals surface area contributed by atoms with Crippen LogP contribution in [0.4, 0.5) is 0 Å². The van der Waals surface area contributed by atoms with Gasteiger partial charge in [0.2, 0.25) is 0 Å². The van der Waals surface area contributed by atoms with Gasteiger partial charge in [0.15, 0.2) is 0 Å². The molecule has 4 heteroatoms. The summed E-state index contributed by atoms with van der Waals surface area (Å²) in [6.07, 6.45) is 4.43. The van der Waals surface area contributed by atoms with E-state index < -0.39 is 0 Å². The fourth-order valence-electron chi connectivity index (χ4n) is 1.61. The molecule has 0 aromatic carbocycles. The van der Waals surface area contributed by atoms with Crippen LogP contribution in [-0.4, -0.2) is 24.1 Å². The SMILES string of the molecule is CC(CNCCCC(N)=NO)C1CC1. The summed E-state index contributed by atoms with van der Waals surface area (Å²) in [6.45, 7) is 4.35. The van der Waals surface area contributed by atoms with Crippen LogP contribution in [-0.2, 0) is 0 Å². The van der Waals surface area contributed by atoms with Crippen molar-refractivity contribution >= 4 is 5.84 Å². The van der Waals surface area contributed by atoms with E-state index in [1.165, 1.54) is 12.8 Å². The van der Waals surface area contributed by atoms with Gasteiger partial charge in [0.05, 0.1) is 0 Å². The second kappa shape index (κ2) is 5.86. The van der Waals surface area contributed by atoms with Crippen LogP contribution in [0.3, 0.4) is 0 Å². The van der Waals surface area contributed by atoms with Crippen molar-refractivity contribution in [2.24, 2.45) is 22.7 Å². The van der Waals surface area contributed by atoms with E-state index in [9.17, 15) is 0 Å². The van der Waals surface area contributed by atoms with E-state index in [1.807, 2.05) is 0 Å². The summed E-state index contributed by atoms with van der Waals surface area (Å²) in [5.41, 5.74) is 5.35. The van der Waals surface area contributed by atoms with Gasteiger partial charge in [-0.3, -0.25) is 0 Å². The largest absolute Gasteiger partial charge is 0.409 e. The predicted molar refractivity (Wildman–Crippen MR) is 57.4 cm³/mol. The van der Waals surface area contributed by atoms with Gasteiger partial charge in [0.25, 0.3) is 0 Å². The van der Waals surface area contributed by atoms with Gasteiger partial charge in [-0.05, 0) is 44.2 Å². The molecule has 0 spiro atoms. The van der Waals surface area contributed by atoms with Gasteiger partial charge in [-0.2, -0.15) is 0 Å². The van der Waals surface area contributed by atoms with Crippen molar-refractivity contribution < 1.29 is 5.21 Å². The third kappa shape index (κ3) is 4.46. The van der Waals surface area contributed by atoms with E-state index in [-0.39, 0.29) is 0 Å². The van der Waals surface area contributed by atoms with Gasteiger partial charge in [0, 0.05) is 6.42 Å². The highest BCUT2D eigenvalue weighted by molar-refractivity contribution is 5.79. The van der Waals surface area contributed by atoms with Gasteiger partial charge >= 0.3 is 0 Å². The van der Waals surface area contributed by atoms with Crippen molar-refractivity contribution in [1.82, 2.24) is 5.32 Å². The Morgan fingerprint density at radius 2 is 2.36 bits per heavy atom. The average Bonchev–Trinajstić information content (AvgIpc) is 2.99. The Hall–Kier alpha value is -0.770. The Labute approximate surface area is 85.6 Å². The van der Waals surface area contributed by atoms with Crippen molar-refractivity contribution in [2.45, 2.75) is 32.6 Å². The number of oxime groups is 1. The maximum Gasteiger partial charge on any atom is 0.139 e. The molecule has 1 aliphatic rings. The number of hydrogen-bond donors (Lipinski definition) is 3. The molecule has 1 aliphatic carbocycles. The fourth-order valence-corrected chi connectivity index (χ4v) is 1.61. The molecule has 4 N–H and O–H groups in total. The Morgan fingerprint density at radius 3 is 2.93 bits per heavy atom. The zero-order chi connectivity index (χ0) is 10.4. The highest BCUT2D eigenvalue weighted by atomic mass is 16.4. The minimum absolute atomic E-state index is 0.321. The van der Waals surface area contributed by atoms with Crippen LogP contribution in [0.25, 0.3) is 0 Å². The zero-order valence-corrected chi connectivity index (χ0v) is 8.87. The topological polar surface area (TPSA) is 70.6 Å². The number of nitrogens with one attached hydrogen (secondary N) is 1. The van der Waals surface area contributed by atoms with E-state index in [0.717, 1.165) is 31.3 Å². The second-order valence-corrected chi connectivity index (χ2v) is 4.21. The van der Waals surface area contributed by atoms with Gasteiger partial charge in [0.1, 0.15) is 5.84 Å². The van der Waals surface area contributed by atoms with Crippen LogP contribution in [0, 0.1) is 11.8 Å². The zero-order valence-electron chi connectivity index (χ0n) is 8.87. The summed E-state index contributed by atoms with van der Waals surface area (Å²) in [5, 5.41) is 14.6. The van der Waals surface area contributed by atoms with Crippen LogP contribution in [0.1, 0.15) is 32.6 Å². The lowest BCUT2D eigenvalue weighted by atomic mass is 10.1. The van der Waals surface area contributed by atoms with E-state index in [1.54, 1.807) is 0 Å². The standard InChI is InChI=1S/C10H21N3O/c1-8(9-4-5-9)7-12-6-2-3-10(11)13-14/h8-9,12,14H,2-7H2,1H3,(H2,11,13). The number of hydrogen-bond acceptors (Lipinski definition) is 3. The van der Waals surface area contributed by atoms with Gasteiger partial charge in [-0.15, -0.1) is 0 Å². The van der Waals surface area contributed by atoms with Gasteiger partial charge in [-0.1, -0.05) is 12.1 Å². The fraction of sp³-hybridized carbons (Fsp3) is 0.900. The average molecular weight is 199 g/mol. The summed E-state index contributed by atoms with van der Waals surface area (Å²) in [7, 11) is 0. The first kappa shape index (κ1) is 11.3. The first-order valence-electron chi connectivity index (χ1n) is 5.41. The van der Waals surface area contributed by atoms with E-state index in [4.69, 9.17) is 10.9 Å². The third-order valence-corrected chi connectivity index (χ3v) is 2.81. The number of nitrogens with zero attached hydrogens (tertiary/aromatic N) is 1. The van der Waals surface area contributed by atoms with Crippen molar-refractivity contribution in [3.63, 3.8) is 0 Å². The van der Waals surface area contributed by atoms with Crippen LogP contribution in [0.5, 0.6) is 0 Å². The molecular formula is C10H21N3O. The number of nitrogens with two attached hydrogens (primary N) is 1. The first-order chi connectivity index (χ1) is 6.74. The lowest BCUT2D eigenvalue weighted by molar-refractivity contribution is 0.316. The molecule has 0 aromatic heterocycles. The molecule has 0 aromatic rings. The van der Waals surface area contributed by atoms with E-state index in [2.05, 4.69) is 17.4 Å². The summed E-state index contributed by atoms with van der Waals surface area (Å²) < 4.78 is 0. The third-order valence-electron chi connectivity index (χ3n) is 2.81. The molecule has 0 radical (unpaired) electrons. The summed E-state index contributed by atoms with van der Waals surface area (Å²) in [4.78, 5) is 0. The molecule has 1 unspecified atom stereocenters. The van der Waals surface area contributed by atoms with Gasteiger partial charge < -0.3 is 16.3 Å². The summed E-state index contributed by atoms with van der Waals surface area (Å²) in [5.74, 6) is 2.09. The Bertz CT molecular complexity index is 190. The molecular weight excluding hydrogens is 178 g/mol. The second-order valence-electron chi connectivity index (χ2n) is 4.21. The van der Waals surface area contributed by atoms with E-state index in [0.29, 0.717) is 12.3 Å². The Balaban J connectivity index is 1.88. The molecule has 0 amide bonds. The Morgan fingerprint density at radius 1 is 1.64 bits per heavy atom. The van der Waals surface area contributed by atoms with Crippen molar-refractivity contribution in [3.05, 3.63) is 0 Å². The van der Waals surface area contributed by atoms with Crippen molar-refractivity contribution in [1.29, 1.82) is 0 Å².